The van der Waals surface area contributed by atoms with Gasteiger partial charge >= 0.3 is 0 Å². The van der Waals surface area contributed by atoms with Crippen molar-refractivity contribution in [3.63, 3.8) is 0 Å². The van der Waals surface area contributed by atoms with Crippen LogP contribution in [-0.2, 0) is 6.42 Å². The van der Waals surface area contributed by atoms with Crippen molar-refractivity contribution in [1.82, 2.24) is 5.43 Å². The number of nitrogens with two attached hydrogens (primary N) is 1. The minimum atomic E-state index is 0.119. The normalized spacial score (nSPS) is 12.4. The molecule has 0 fully saturated rings. The first-order valence-corrected chi connectivity index (χ1v) is 7.59. The van der Waals surface area contributed by atoms with Crippen molar-refractivity contribution in [3.8, 4) is 0 Å². The van der Waals surface area contributed by atoms with Crippen LogP contribution in [0, 0.1) is 20.8 Å². The maximum absolute atomic E-state index is 5.78. The SMILES string of the molecule is Cc1cc(C)cc(CC(NN)c2cccc(Br)c2C)c1. The molecule has 0 bridgehead atoms. The summed E-state index contributed by atoms with van der Waals surface area (Å²) < 4.78 is 1.12. The highest BCUT2D eigenvalue weighted by molar-refractivity contribution is 9.10. The molecule has 0 aliphatic heterocycles. The minimum Gasteiger partial charge on any atom is -0.271 e. The van der Waals surface area contributed by atoms with Gasteiger partial charge in [0.05, 0.1) is 6.04 Å². The Hall–Kier alpha value is -1.16. The number of halogens is 1. The van der Waals surface area contributed by atoms with E-state index in [2.05, 4.69) is 78.5 Å². The van der Waals surface area contributed by atoms with Crippen molar-refractivity contribution in [2.24, 2.45) is 5.84 Å². The molecule has 1 atom stereocenters. The van der Waals surface area contributed by atoms with Crippen molar-refractivity contribution in [2.45, 2.75) is 33.2 Å². The Morgan fingerprint density at radius 2 is 1.75 bits per heavy atom. The zero-order chi connectivity index (χ0) is 14.7. The number of hydrogen-bond donors (Lipinski definition) is 2. The fourth-order valence-corrected chi connectivity index (χ4v) is 3.06. The Kier molecular flexibility index (Phi) is 4.97. The molecule has 106 valence electrons. The van der Waals surface area contributed by atoms with Crippen LogP contribution in [0.5, 0.6) is 0 Å². The Morgan fingerprint density at radius 3 is 2.35 bits per heavy atom. The van der Waals surface area contributed by atoms with Gasteiger partial charge in [0.25, 0.3) is 0 Å². The molecule has 0 amide bonds. The van der Waals surface area contributed by atoms with Crippen LogP contribution in [-0.4, -0.2) is 0 Å². The predicted molar refractivity (Wildman–Crippen MR) is 88.6 cm³/mol. The van der Waals surface area contributed by atoms with E-state index in [-0.39, 0.29) is 6.04 Å². The van der Waals surface area contributed by atoms with Gasteiger partial charge < -0.3 is 0 Å². The van der Waals surface area contributed by atoms with Crippen LogP contribution in [0.1, 0.15) is 33.9 Å². The zero-order valence-electron chi connectivity index (χ0n) is 12.2. The lowest BCUT2D eigenvalue weighted by Gasteiger charge is -2.20. The largest absolute Gasteiger partial charge is 0.271 e. The van der Waals surface area contributed by atoms with Crippen LogP contribution in [0.2, 0.25) is 0 Å². The van der Waals surface area contributed by atoms with Gasteiger partial charge in [0.2, 0.25) is 0 Å². The van der Waals surface area contributed by atoms with Crippen LogP contribution in [0.3, 0.4) is 0 Å². The molecule has 1 unspecified atom stereocenters. The quantitative estimate of drug-likeness (QED) is 0.652. The van der Waals surface area contributed by atoms with Crippen LogP contribution >= 0.6 is 15.9 Å². The zero-order valence-corrected chi connectivity index (χ0v) is 13.8. The molecule has 0 aliphatic carbocycles. The summed E-state index contributed by atoms with van der Waals surface area (Å²) in [4.78, 5) is 0. The summed E-state index contributed by atoms with van der Waals surface area (Å²) in [6.45, 7) is 6.38. The monoisotopic (exact) mass is 332 g/mol. The van der Waals surface area contributed by atoms with Gasteiger partial charge in [0.15, 0.2) is 0 Å². The lowest BCUT2D eigenvalue weighted by molar-refractivity contribution is 0.549. The second-order valence-electron chi connectivity index (χ2n) is 5.37. The van der Waals surface area contributed by atoms with Crippen LogP contribution in [0.15, 0.2) is 40.9 Å². The first-order chi connectivity index (χ1) is 9.51. The van der Waals surface area contributed by atoms with E-state index in [1.54, 1.807) is 0 Å². The third kappa shape index (κ3) is 3.48. The second-order valence-corrected chi connectivity index (χ2v) is 6.23. The number of hydrogen-bond acceptors (Lipinski definition) is 2. The molecule has 20 heavy (non-hydrogen) atoms. The lowest BCUT2D eigenvalue weighted by atomic mass is 9.94. The smallest absolute Gasteiger partial charge is 0.0503 e. The van der Waals surface area contributed by atoms with Gasteiger partial charge in [0, 0.05) is 4.47 Å². The second kappa shape index (κ2) is 6.53. The molecule has 3 heteroatoms. The molecule has 0 saturated heterocycles. The molecule has 0 aliphatic rings. The van der Waals surface area contributed by atoms with Gasteiger partial charge in [-0.15, -0.1) is 0 Å². The first kappa shape index (κ1) is 15.2. The van der Waals surface area contributed by atoms with Crippen molar-refractivity contribution >= 4 is 15.9 Å². The van der Waals surface area contributed by atoms with Crippen molar-refractivity contribution in [3.05, 3.63) is 68.7 Å². The summed E-state index contributed by atoms with van der Waals surface area (Å²) in [5.74, 6) is 5.78. The molecule has 2 rings (SSSR count). The minimum absolute atomic E-state index is 0.119. The van der Waals surface area contributed by atoms with E-state index in [4.69, 9.17) is 5.84 Å². The Labute approximate surface area is 129 Å². The molecule has 3 N–H and O–H groups in total. The predicted octanol–water partition coefficient (Wildman–Crippen LogP) is 4.12. The fraction of sp³-hybridized carbons (Fsp3) is 0.294. The van der Waals surface area contributed by atoms with E-state index >= 15 is 0 Å². The number of benzene rings is 2. The van der Waals surface area contributed by atoms with Gasteiger partial charge in [-0.3, -0.25) is 11.3 Å². The topological polar surface area (TPSA) is 38.0 Å². The summed E-state index contributed by atoms with van der Waals surface area (Å²) >= 11 is 3.58. The van der Waals surface area contributed by atoms with Gasteiger partial charge in [-0.25, -0.2) is 0 Å². The number of rotatable bonds is 4. The third-order valence-electron chi connectivity index (χ3n) is 3.61. The Morgan fingerprint density at radius 1 is 1.10 bits per heavy atom. The van der Waals surface area contributed by atoms with Gasteiger partial charge in [-0.2, -0.15) is 0 Å². The molecule has 0 heterocycles. The van der Waals surface area contributed by atoms with Crippen molar-refractivity contribution in [1.29, 1.82) is 0 Å². The van der Waals surface area contributed by atoms with Crippen molar-refractivity contribution < 1.29 is 0 Å². The van der Waals surface area contributed by atoms with E-state index in [0.717, 1.165) is 10.9 Å². The average molecular weight is 333 g/mol. The molecular formula is C17H21BrN2. The van der Waals surface area contributed by atoms with E-state index in [1.807, 2.05) is 0 Å². The highest BCUT2D eigenvalue weighted by Gasteiger charge is 2.14. The van der Waals surface area contributed by atoms with Gasteiger partial charge in [-0.05, 0) is 49.9 Å². The highest BCUT2D eigenvalue weighted by Crippen LogP contribution is 2.27. The van der Waals surface area contributed by atoms with E-state index < -0.39 is 0 Å². The van der Waals surface area contributed by atoms with Crippen LogP contribution < -0.4 is 11.3 Å². The highest BCUT2D eigenvalue weighted by atomic mass is 79.9. The molecule has 0 spiro atoms. The third-order valence-corrected chi connectivity index (χ3v) is 4.47. The number of nitrogens with one attached hydrogen (secondary N) is 1. The van der Waals surface area contributed by atoms with Crippen molar-refractivity contribution in [2.75, 3.05) is 0 Å². The fourth-order valence-electron chi connectivity index (χ4n) is 2.68. The summed E-state index contributed by atoms with van der Waals surface area (Å²) in [5.41, 5.74) is 9.32. The maximum atomic E-state index is 5.78. The van der Waals surface area contributed by atoms with Gasteiger partial charge in [-0.1, -0.05) is 57.4 Å². The standard InChI is InChI=1S/C17H21BrN2/c1-11-7-12(2)9-14(8-11)10-17(20-19)15-5-4-6-16(18)13(15)3/h4-9,17,20H,10,19H2,1-3H3. The lowest BCUT2D eigenvalue weighted by Crippen LogP contribution is -2.30. The molecule has 2 aromatic carbocycles. The van der Waals surface area contributed by atoms with Crippen LogP contribution in [0.25, 0.3) is 0 Å². The first-order valence-electron chi connectivity index (χ1n) is 6.79. The molecule has 2 aromatic rings. The summed E-state index contributed by atoms with van der Waals surface area (Å²) in [6, 6.07) is 13.0. The Bertz CT molecular complexity index is 588. The van der Waals surface area contributed by atoms with Crippen LogP contribution in [0.4, 0.5) is 0 Å². The number of aryl methyl sites for hydroxylation is 2. The van der Waals surface area contributed by atoms with E-state index in [0.29, 0.717) is 0 Å². The summed E-state index contributed by atoms with van der Waals surface area (Å²) in [5, 5.41) is 0. The molecular weight excluding hydrogens is 312 g/mol. The molecule has 0 saturated carbocycles. The average Bonchev–Trinajstić information content (AvgIpc) is 2.38. The number of hydrazine groups is 1. The molecule has 0 radical (unpaired) electrons. The maximum Gasteiger partial charge on any atom is 0.0503 e. The van der Waals surface area contributed by atoms with E-state index in [9.17, 15) is 0 Å². The Balaban J connectivity index is 2.31. The molecule has 0 aromatic heterocycles. The van der Waals surface area contributed by atoms with E-state index in [1.165, 1.54) is 27.8 Å². The molecule has 2 nitrogen and oxygen atoms in total. The summed E-state index contributed by atoms with van der Waals surface area (Å²) in [6.07, 6.45) is 0.885. The summed E-state index contributed by atoms with van der Waals surface area (Å²) in [7, 11) is 0. The van der Waals surface area contributed by atoms with Gasteiger partial charge in [0.1, 0.15) is 0 Å².